The molecule has 3 rings (SSSR count). The van der Waals surface area contributed by atoms with Crippen LogP contribution in [-0.4, -0.2) is 19.1 Å². The van der Waals surface area contributed by atoms with E-state index in [1.54, 1.807) is 0 Å². The second-order valence-electron chi connectivity index (χ2n) is 5.99. The van der Waals surface area contributed by atoms with Crippen molar-refractivity contribution in [1.29, 1.82) is 0 Å². The van der Waals surface area contributed by atoms with Gasteiger partial charge in [0.05, 0.1) is 0 Å². The minimum atomic E-state index is 0.583. The van der Waals surface area contributed by atoms with Crippen molar-refractivity contribution in [3.63, 3.8) is 0 Å². The SMILES string of the molecule is Cc1cccc(N2CCCC(NCc3ccccc3)C2)c1. The van der Waals surface area contributed by atoms with Gasteiger partial charge >= 0.3 is 0 Å². The fourth-order valence-electron chi connectivity index (χ4n) is 3.06. The maximum atomic E-state index is 3.71. The molecule has 0 radical (unpaired) electrons. The molecule has 1 aliphatic heterocycles. The molecule has 0 aliphatic carbocycles. The van der Waals surface area contributed by atoms with E-state index in [1.165, 1.54) is 36.2 Å². The van der Waals surface area contributed by atoms with Crippen molar-refractivity contribution in [3.05, 3.63) is 65.7 Å². The van der Waals surface area contributed by atoms with Gasteiger partial charge in [0.1, 0.15) is 0 Å². The fourth-order valence-corrected chi connectivity index (χ4v) is 3.06. The number of nitrogens with zero attached hydrogens (tertiary/aromatic N) is 1. The number of hydrogen-bond acceptors (Lipinski definition) is 2. The van der Waals surface area contributed by atoms with Crippen LogP contribution in [0.5, 0.6) is 0 Å². The van der Waals surface area contributed by atoms with Gasteiger partial charge in [-0.05, 0) is 43.0 Å². The van der Waals surface area contributed by atoms with Crippen LogP contribution in [-0.2, 0) is 6.54 Å². The van der Waals surface area contributed by atoms with Crippen molar-refractivity contribution in [2.24, 2.45) is 0 Å². The first kappa shape index (κ1) is 14.2. The van der Waals surface area contributed by atoms with Gasteiger partial charge in [0, 0.05) is 31.4 Å². The van der Waals surface area contributed by atoms with Gasteiger partial charge in [0.25, 0.3) is 0 Å². The van der Waals surface area contributed by atoms with Crippen LogP contribution in [0.2, 0.25) is 0 Å². The fraction of sp³-hybridized carbons (Fsp3) is 0.368. The Balaban J connectivity index is 1.58. The van der Waals surface area contributed by atoms with E-state index in [1.807, 2.05) is 0 Å². The number of hydrogen-bond donors (Lipinski definition) is 1. The van der Waals surface area contributed by atoms with Crippen LogP contribution in [0, 0.1) is 6.92 Å². The van der Waals surface area contributed by atoms with Gasteiger partial charge in [-0.25, -0.2) is 0 Å². The molecule has 2 aromatic rings. The zero-order valence-electron chi connectivity index (χ0n) is 12.8. The van der Waals surface area contributed by atoms with Gasteiger partial charge < -0.3 is 10.2 Å². The van der Waals surface area contributed by atoms with Crippen molar-refractivity contribution in [3.8, 4) is 0 Å². The summed E-state index contributed by atoms with van der Waals surface area (Å²) in [6, 6.07) is 20.1. The number of piperidine rings is 1. The second-order valence-corrected chi connectivity index (χ2v) is 5.99. The van der Waals surface area contributed by atoms with Gasteiger partial charge in [-0.15, -0.1) is 0 Å². The monoisotopic (exact) mass is 280 g/mol. The second kappa shape index (κ2) is 6.77. The predicted molar refractivity (Wildman–Crippen MR) is 89.7 cm³/mol. The Hall–Kier alpha value is -1.80. The molecule has 2 heteroatoms. The quantitative estimate of drug-likeness (QED) is 0.917. The zero-order chi connectivity index (χ0) is 14.5. The summed E-state index contributed by atoms with van der Waals surface area (Å²) < 4.78 is 0. The van der Waals surface area contributed by atoms with Crippen molar-refractivity contribution in [1.82, 2.24) is 5.32 Å². The molecule has 1 heterocycles. The summed E-state index contributed by atoms with van der Waals surface area (Å²) in [5, 5.41) is 3.71. The van der Waals surface area contributed by atoms with Crippen molar-refractivity contribution in [2.45, 2.75) is 32.4 Å². The molecule has 1 saturated heterocycles. The molecule has 1 N–H and O–H groups in total. The number of rotatable bonds is 4. The molecule has 1 unspecified atom stereocenters. The van der Waals surface area contributed by atoms with E-state index in [0.717, 1.165) is 13.1 Å². The molecule has 0 aromatic heterocycles. The standard InChI is InChI=1S/C19H24N2/c1-16-7-5-11-19(13-16)21-12-6-10-18(15-21)20-14-17-8-3-2-4-9-17/h2-5,7-9,11,13,18,20H,6,10,12,14-15H2,1H3. The third kappa shape index (κ3) is 3.85. The Morgan fingerprint density at radius 2 is 1.95 bits per heavy atom. The minimum absolute atomic E-state index is 0.583. The molecule has 1 atom stereocenters. The van der Waals surface area contributed by atoms with E-state index in [4.69, 9.17) is 0 Å². The molecule has 0 bridgehead atoms. The lowest BCUT2D eigenvalue weighted by Crippen LogP contribution is -2.45. The van der Waals surface area contributed by atoms with Crippen LogP contribution in [0.4, 0.5) is 5.69 Å². The van der Waals surface area contributed by atoms with Crippen LogP contribution in [0.25, 0.3) is 0 Å². The van der Waals surface area contributed by atoms with Gasteiger partial charge in [0.2, 0.25) is 0 Å². The normalized spacial score (nSPS) is 18.7. The summed E-state index contributed by atoms with van der Waals surface area (Å²) in [4.78, 5) is 2.51. The van der Waals surface area contributed by atoms with Gasteiger partial charge in [-0.2, -0.15) is 0 Å². The number of anilines is 1. The average molecular weight is 280 g/mol. The smallest absolute Gasteiger partial charge is 0.0369 e. The van der Waals surface area contributed by atoms with E-state index in [0.29, 0.717) is 6.04 Å². The third-order valence-corrected chi connectivity index (χ3v) is 4.23. The van der Waals surface area contributed by atoms with E-state index in [2.05, 4.69) is 71.7 Å². The molecule has 110 valence electrons. The average Bonchev–Trinajstić information content (AvgIpc) is 2.54. The molecule has 1 aliphatic rings. The highest BCUT2D eigenvalue weighted by atomic mass is 15.2. The maximum absolute atomic E-state index is 3.71. The van der Waals surface area contributed by atoms with Crippen LogP contribution < -0.4 is 10.2 Å². The van der Waals surface area contributed by atoms with Gasteiger partial charge in [-0.1, -0.05) is 42.5 Å². The Labute approximate surface area is 127 Å². The number of nitrogens with one attached hydrogen (secondary N) is 1. The van der Waals surface area contributed by atoms with Crippen LogP contribution in [0.3, 0.4) is 0 Å². The number of benzene rings is 2. The molecule has 0 spiro atoms. The first-order valence-electron chi connectivity index (χ1n) is 7.90. The third-order valence-electron chi connectivity index (χ3n) is 4.23. The summed E-state index contributed by atoms with van der Waals surface area (Å²) in [5.74, 6) is 0. The molecular formula is C19H24N2. The Morgan fingerprint density at radius 1 is 1.10 bits per heavy atom. The molecule has 0 saturated carbocycles. The van der Waals surface area contributed by atoms with E-state index >= 15 is 0 Å². The van der Waals surface area contributed by atoms with Gasteiger partial charge in [0.15, 0.2) is 0 Å². The minimum Gasteiger partial charge on any atom is -0.370 e. The zero-order valence-corrected chi connectivity index (χ0v) is 12.8. The molecular weight excluding hydrogens is 256 g/mol. The summed E-state index contributed by atoms with van der Waals surface area (Å²) in [5.41, 5.74) is 4.07. The highest BCUT2D eigenvalue weighted by Crippen LogP contribution is 2.21. The van der Waals surface area contributed by atoms with Gasteiger partial charge in [-0.3, -0.25) is 0 Å². The first-order chi connectivity index (χ1) is 10.3. The predicted octanol–water partition coefficient (Wildman–Crippen LogP) is 3.75. The van der Waals surface area contributed by atoms with Crippen molar-refractivity contribution >= 4 is 5.69 Å². The Bertz CT molecular complexity index is 565. The highest BCUT2D eigenvalue weighted by Gasteiger charge is 2.19. The van der Waals surface area contributed by atoms with Crippen LogP contribution in [0.15, 0.2) is 54.6 Å². The summed E-state index contributed by atoms with van der Waals surface area (Å²) in [7, 11) is 0. The van der Waals surface area contributed by atoms with Crippen molar-refractivity contribution in [2.75, 3.05) is 18.0 Å². The highest BCUT2D eigenvalue weighted by molar-refractivity contribution is 5.48. The molecule has 0 amide bonds. The van der Waals surface area contributed by atoms with E-state index < -0.39 is 0 Å². The maximum Gasteiger partial charge on any atom is 0.0369 e. The summed E-state index contributed by atoms with van der Waals surface area (Å²) in [6.07, 6.45) is 2.54. The molecule has 21 heavy (non-hydrogen) atoms. The van der Waals surface area contributed by atoms with Crippen LogP contribution in [0.1, 0.15) is 24.0 Å². The molecule has 2 aromatic carbocycles. The molecule has 2 nitrogen and oxygen atoms in total. The first-order valence-corrected chi connectivity index (χ1v) is 7.90. The summed E-state index contributed by atoms with van der Waals surface area (Å²) in [6.45, 7) is 5.41. The Morgan fingerprint density at radius 3 is 2.76 bits per heavy atom. The topological polar surface area (TPSA) is 15.3 Å². The lowest BCUT2D eigenvalue weighted by atomic mass is 10.0. The van der Waals surface area contributed by atoms with Crippen molar-refractivity contribution < 1.29 is 0 Å². The Kier molecular flexibility index (Phi) is 4.56. The number of aryl methyl sites for hydroxylation is 1. The van der Waals surface area contributed by atoms with E-state index in [9.17, 15) is 0 Å². The molecule has 1 fully saturated rings. The van der Waals surface area contributed by atoms with E-state index in [-0.39, 0.29) is 0 Å². The largest absolute Gasteiger partial charge is 0.370 e. The lowest BCUT2D eigenvalue weighted by molar-refractivity contribution is 0.421. The lowest BCUT2D eigenvalue weighted by Gasteiger charge is -2.35. The summed E-state index contributed by atoms with van der Waals surface area (Å²) >= 11 is 0. The van der Waals surface area contributed by atoms with Crippen LogP contribution >= 0.6 is 0 Å².